The van der Waals surface area contributed by atoms with Crippen LogP contribution in [0.15, 0.2) is 0 Å². The summed E-state index contributed by atoms with van der Waals surface area (Å²) < 4.78 is 32.4. The van der Waals surface area contributed by atoms with Crippen molar-refractivity contribution in [1.29, 1.82) is 5.26 Å². The molecule has 0 radical (unpaired) electrons. The monoisotopic (exact) mass is 231 g/mol. The van der Waals surface area contributed by atoms with Crippen molar-refractivity contribution in [2.45, 2.75) is 25.0 Å². The van der Waals surface area contributed by atoms with Gasteiger partial charge < -0.3 is 4.74 Å². The normalized spacial score (nSPS) is 28.6. The number of nitrogens with one attached hydrogen (secondary N) is 1. The molecule has 7 heteroatoms. The lowest BCUT2D eigenvalue weighted by molar-refractivity contribution is 0.0307. The van der Waals surface area contributed by atoms with Crippen LogP contribution in [-0.2, 0) is 14.9 Å². The van der Waals surface area contributed by atoms with Gasteiger partial charge in [-0.15, -0.1) is 0 Å². The summed E-state index contributed by atoms with van der Waals surface area (Å²) in [5.74, 6) is 0. The van der Waals surface area contributed by atoms with E-state index in [1.807, 2.05) is 6.07 Å². The van der Waals surface area contributed by atoms with Crippen molar-refractivity contribution in [3.05, 3.63) is 0 Å². The molecule has 1 saturated heterocycles. The molecule has 2 aliphatic rings. The number of rotatable bonds is 3. The minimum atomic E-state index is -3.41. The van der Waals surface area contributed by atoms with Gasteiger partial charge in [0.05, 0.1) is 19.2 Å². The van der Waals surface area contributed by atoms with Crippen LogP contribution in [0.3, 0.4) is 0 Å². The number of nitriles is 1. The molecular formula is C8H13N3O3S. The highest BCUT2D eigenvalue weighted by molar-refractivity contribution is 7.87. The summed E-state index contributed by atoms with van der Waals surface area (Å²) in [4.78, 5) is 0. The quantitative estimate of drug-likeness (QED) is 0.690. The van der Waals surface area contributed by atoms with Gasteiger partial charge in [0.15, 0.2) is 6.10 Å². The van der Waals surface area contributed by atoms with Crippen molar-refractivity contribution >= 4 is 10.2 Å². The van der Waals surface area contributed by atoms with Gasteiger partial charge in [-0.1, -0.05) is 0 Å². The number of hydrogen-bond acceptors (Lipinski definition) is 4. The summed E-state index contributed by atoms with van der Waals surface area (Å²) in [7, 11) is -3.41. The van der Waals surface area contributed by atoms with Crippen molar-refractivity contribution < 1.29 is 13.2 Å². The number of morpholine rings is 1. The van der Waals surface area contributed by atoms with Gasteiger partial charge in [0.2, 0.25) is 0 Å². The maximum atomic E-state index is 11.7. The number of ether oxygens (including phenoxy) is 1. The fraction of sp³-hybridized carbons (Fsp3) is 0.875. The molecule has 1 aliphatic heterocycles. The molecule has 6 nitrogen and oxygen atoms in total. The molecule has 0 spiro atoms. The first-order valence-electron chi connectivity index (χ1n) is 4.90. The molecule has 1 heterocycles. The Hall–Kier alpha value is -0.680. The van der Waals surface area contributed by atoms with Crippen LogP contribution in [0, 0.1) is 11.3 Å². The third-order valence-corrected chi connectivity index (χ3v) is 4.05. The average Bonchev–Trinajstić information content (AvgIpc) is 3.01. The Morgan fingerprint density at radius 2 is 2.20 bits per heavy atom. The van der Waals surface area contributed by atoms with Crippen molar-refractivity contribution in [1.82, 2.24) is 9.03 Å². The SMILES string of the molecule is N#CC1CN(S(=O)(=O)NC2CC2)CCO1. The maximum absolute atomic E-state index is 11.7. The Morgan fingerprint density at radius 3 is 2.80 bits per heavy atom. The zero-order valence-corrected chi connectivity index (χ0v) is 9.03. The van der Waals surface area contributed by atoms with Crippen molar-refractivity contribution in [2.24, 2.45) is 0 Å². The van der Waals surface area contributed by atoms with E-state index in [-0.39, 0.29) is 19.2 Å². The summed E-state index contributed by atoms with van der Waals surface area (Å²) in [6, 6.07) is 2.01. The van der Waals surface area contributed by atoms with Crippen molar-refractivity contribution in [3.8, 4) is 6.07 Å². The molecule has 1 unspecified atom stereocenters. The third-order valence-electron chi connectivity index (χ3n) is 2.41. The standard InChI is InChI=1S/C8H13N3O3S/c9-5-8-6-11(3-4-14-8)15(12,13)10-7-1-2-7/h7-8,10H,1-4,6H2. The zero-order valence-electron chi connectivity index (χ0n) is 8.22. The number of hydrogen-bond donors (Lipinski definition) is 1. The van der Waals surface area contributed by atoms with Crippen LogP contribution in [0.4, 0.5) is 0 Å². The molecule has 0 aromatic heterocycles. The lowest BCUT2D eigenvalue weighted by Gasteiger charge is -2.28. The zero-order chi connectivity index (χ0) is 10.9. The Balaban J connectivity index is 1.99. The van der Waals surface area contributed by atoms with Crippen LogP contribution in [0.5, 0.6) is 0 Å². The molecule has 1 aliphatic carbocycles. The predicted octanol–water partition coefficient (Wildman–Crippen LogP) is -0.792. The fourth-order valence-electron chi connectivity index (χ4n) is 1.41. The summed E-state index contributed by atoms with van der Waals surface area (Å²) in [5.41, 5.74) is 0. The van der Waals surface area contributed by atoms with Gasteiger partial charge in [0.1, 0.15) is 0 Å². The van der Waals surface area contributed by atoms with E-state index in [9.17, 15) is 8.42 Å². The first-order valence-corrected chi connectivity index (χ1v) is 6.34. The largest absolute Gasteiger partial charge is 0.361 e. The molecule has 0 aromatic carbocycles. The molecule has 84 valence electrons. The smallest absolute Gasteiger partial charge is 0.279 e. The molecule has 1 saturated carbocycles. The minimum Gasteiger partial charge on any atom is -0.361 e. The van der Waals surface area contributed by atoms with Crippen molar-refractivity contribution in [2.75, 3.05) is 19.7 Å². The third kappa shape index (κ3) is 2.66. The van der Waals surface area contributed by atoms with Gasteiger partial charge in [0.25, 0.3) is 10.2 Å². The van der Waals surface area contributed by atoms with Crippen molar-refractivity contribution in [3.63, 3.8) is 0 Å². The van der Waals surface area contributed by atoms with Gasteiger partial charge in [-0.2, -0.15) is 22.7 Å². The van der Waals surface area contributed by atoms with Crippen LogP contribution in [0.1, 0.15) is 12.8 Å². The molecule has 15 heavy (non-hydrogen) atoms. The maximum Gasteiger partial charge on any atom is 0.279 e. The second-order valence-electron chi connectivity index (χ2n) is 3.74. The van der Waals surface area contributed by atoms with E-state index in [2.05, 4.69) is 4.72 Å². The highest BCUT2D eigenvalue weighted by Gasteiger charge is 2.34. The highest BCUT2D eigenvalue weighted by Crippen LogP contribution is 2.21. The van der Waals surface area contributed by atoms with Crippen LogP contribution in [0.25, 0.3) is 0 Å². The second kappa shape index (κ2) is 4.06. The first kappa shape index (κ1) is 10.8. The van der Waals surface area contributed by atoms with Gasteiger partial charge in [0, 0.05) is 12.6 Å². The molecule has 2 rings (SSSR count). The molecule has 0 bridgehead atoms. The van der Waals surface area contributed by atoms with Gasteiger partial charge in [-0.25, -0.2) is 0 Å². The predicted molar refractivity (Wildman–Crippen MR) is 52.0 cm³/mol. The Kier molecular flexibility index (Phi) is 2.93. The van der Waals surface area contributed by atoms with E-state index >= 15 is 0 Å². The van der Waals surface area contributed by atoms with Gasteiger partial charge in [-0.3, -0.25) is 0 Å². The van der Waals surface area contributed by atoms with Crippen LogP contribution < -0.4 is 4.72 Å². The van der Waals surface area contributed by atoms with Crippen LogP contribution in [0.2, 0.25) is 0 Å². The minimum absolute atomic E-state index is 0.0957. The average molecular weight is 231 g/mol. The topological polar surface area (TPSA) is 82.4 Å². The molecular weight excluding hydrogens is 218 g/mol. The molecule has 2 fully saturated rings. The van der Waals surface area contributed by atoms with Gasteiger partial charge in [-0.05, 0) is 12.8 Å². The number of nitrogens with zero attached hydrogens (tertiary/aromatic N) is 2. The molecule has 0 amide bonds. The van der Waals surface area contributed by atoms with E-state index < -0.39 is 16.3 Å². The van der Waals surface area contributed by atoms with E-state index in [4.69, 9.17) is 10.00 Å². The lowest BCUT2D eigenvalue weighted by atomic mass is 10.3. The van der Waals surface area contributed by atoms with Crippen LogP contribution in [-0.4, -0.2) is 44.6 Å². The van der Waals surface area contributed by atoms with E-state index in [1.54, 1.807) is 0 Å². The van der Waals surface area contributed by atoms with Crippen LogP contribution >= 0.6 is 0 Å². The Bertz CT molecular complexity index is 371. The molecule has 1 N–H and O–H groups in total. The van der Waals surface area contributed by atoms with E-state index in [0.717, 1.165) is 12.8 Å². The summed E-state index contributed by atoms with van der Waals surface area (Å²) in [5, 5.41) is 8.65. The van der Waals surface area contributed by atoms with E-state index in [1.165, 1.54) is 4.31 Å². The lowest BCUT2D eigenvalue weighted by Crippen LogP contribution is -2.50. The molecule has 1 atom stereocenters. The summed E-state index contributed by atoms with van der Waals surface area (Å²) in [6.45, 7) is 0.725. The van der Waals surface area contributed by atoms with Gasteiger partial charge >= 0.3 is 0 Å². The second-order valence-corrected chi connectivity index (χ2v) is 5.45. The van der Waals surface area contributed by atoms with E-state index in [0.29, 0.717) is 6.54 Å². The molecule has 0 aromatic rings. The first-order chi connectivity index (χ1) is 7.12. The fourth-order valence-corrected chi connectivity index (χ4v) is 2.86. The summed E-state index contributed by atoms with van der Waals surface area (Å²) >= 11 is 0. The Labute approximate surface area is 89.0 Å². The highest BCUT2D eigenvalue weighted by atomic mass is 32.2. The Morgan fingerprint density at radius 1 is 1.47 bits per heavy atom. The summed E-state index contributed by atoms with van der Waals surface area (Å²) in [6.07, 6.45) is 1.17.